The highest BCUT2D eigenvalue weighted by molar-refractivity contribution is 7.20. The molecule has 0 spiro atoms. The number of nitrogens with zero attached hydrogens (tertiary/aromatic N) is 3. The van der Waals surface area contributed by atoms with Crippen molar-refractivity contribution in [3.05, 3.63) is 46.1 Å². The van der Waals surface area contributed by atoms with Crippen LogP contribution in [0.4, 0.5) is 11.5 Å². The molecule has 5 nitrogen and oxygen atoms in total. The van der Waals surface area contributed by atoms with Crippen LogP contribution in [0.1, 0.15) is 35.5 Å². The van der Waals surface area contributed by atoms with Crippen molar-refractivity contribution in [3.63, 3.8) is 0 Å². The number of hydrogen-bond acceptors (Lipinski definition) is 6. The summed E-state index contributed by atoms with van der Waals surface area (Å²) >= 11 is 7.48. The Bertz CT molecular complexity index is 927. The van der Waals surface area contributed by atoms with Crippen molar-refractivity contribution in [1.82, 2.24) is 9.97 Å². The number of para-hydroxylation sites is 1. The summed E-state index contributed by atoms with van der Waals surface area (Å²) in [6.45, 7) is 7.02. The van der Waals surface area contributed by atoms with E-state index in [1.54, 1.807) is 0 Å². The van der Waals surface area contributed by atoms with E-state index in [4.69, 9.17) is 16.3 Å². The Morgan fingerprint density at radius 3 is 2.62 bits per heavy atom. The maximum absolute atomic E-state index is 12.4. The molecule has 0 aliphatic heterocycles. The largest absolute Gasteiger partial charge is 0.462 e. The summed E-state index contributed by atoms with van der Waals surface area (Å²) in [5, 5.41) is 1.00. The van der Waals surface area contributed by atoms with Crippen LogP contribution in [0.15, 0.2) is 30.3 Å². The van der Waals surface area contributed by atoms with E-state index in [2.05, 4.69) is 14.9 Å². The molecular formula is C19H20ClN3O2S. The molecule has 0 fully saturated rings. The number of esters is 1. The van der Waals surface area contributed by atoms with Gasteiger partial charge in [-0.3, -0.25) is 0 Å². The summed E-state index contributed by atoms with van der Waals surface area (Å²) in [4.78, 5) is 24.5. The van der Waals surface area contributed by atoms with Gasteiger partial charge in [-0.05, 0) is 49.6 Å². The van der Waals surface area contributed by atoms with Crippen LogP contribution in [0.3, 0.4) is 0 Å². The molecule has 0 aliphatic carbocycles. The Morgan fingerprint density at radius 1 is 1.23 bits per heavy atom. The van der Waals surface area contributed by atoms with Gasteiger partial charge in [-0.2, -0.15) is 4.98 Å². The highest BCUT2D eigenvalue weighted by Gasteiger charge is 2.24. The predicted molar refractivity (Wildman–Crippen MR) is 107 cm³/mol. The number of hydrogen-bond donors (Lipinski definition) is 0. The minimum Gasteiger partial charge on any atom is -0.462 e. The first-order valence-corrected chi connectivity index (χ1v) is 9.72. The Kier molecular flexibility index (Phi) is 5.74. The van der Waals surface area contributed by atoms with E-state index in [1.807, 2.05) is 51.1 Å². The number of carbonyl (C=O) groups is 1. The molecule has 0 radical (unpaired) electrons. The molecule has 2 aromatic heterocycles. The first-order chi connectivity index (χ1) is 12.6. The maximum Gasteiger partial charge on any atom is 0.348 e. The van der Waals surface area contributed by atoms with Gasteiger partial charge >= 0.3 is 5.97 Å². The summed E-state index contributed by atoms with van der Waals surface area (Å²) in [6, 6.07) is 9.96. The normalized spacial score (nSPS) is 10.9. The number of anilines is 2. The number of fused-ring (bicyclic) bond motifs is 1. The Labute approximate surface area is 161 Å². The van der Waals surface area contributed by atoms with Crippen LogP contribution in [0, 0.1) is 6.92 Å². The van der Waals surface area contributed by atoms with Crippen molar-refractivity contribution in [3.8, 4) is 0 Å². The van der Waals surface area contributed by atoms with Crippen molar-refractivity contribution >= 4 is 50.6 Å². The first kappa shape index (κ1) is 18.6. The fourth-order valence-electron chi connectivity index (χ4n) is 2.81. The molecule has 3 rings (SSSR count). The second-order valence-corrected chi connectivity index (χ2v) is 7.11. The molecule has 0 saturated carbocycles. The van der Waals surface area contributed by atoms with E-state index in [-0.39, 0.29) is 11.3 Å². The lowest BCUT2D eigenvalue weighted by Gasteiger charge is -2.23. The molecule has 0 N–H and O–H groups in total. The number of carbonyl (C=O) groups excluding carboxylic acids is 1. The molecule has 136 valence electrons. The summed E-state index contributed by atoms with van der Waals surface area (Å²) < 4.78 is 5.31. The number of ether oxygens (including phenoxy) is 1. The average Bonchev–Trinajstić information content (AvgIpc) is 2.97. The summed E-state index contributed by atoms with van der Waals surface area (Å²) in [6.07, 6.45) is 0.782. The number of rotatable bonds is 6. The van der Waals surface area contributed by atoms with Crippen LogP contribution >= 0.6 is 22.9 Å². The van der Waals surface area contributed by atoms with E-state index < -0.39 is 0 Å². The zero-order valence-electron chi connectivity index (χ0n) is 15.0. The highest BCUT2D eigenvalue weighted by Crippen LogP contribution is 2.38. The summed E-state index contributed by atoms with van der Waals surface area (Å²) in [5.41, 5.74) is 1.83. The zero-order valence-corrected chi connectivity index (χ0v) is 16.5. The van der Waals surface area contributed by atoms with Gasteiger partial charge in [-0.1, -0.05) is 25.1 Å². The molecule has 0 bridgehead atoms. The van der Waals surface area contributed by atoms with E-state index in [9.17, 15) is 4.79 Å². The molecule has 3 aromatic rings. The van der Waals surface area contributed by atoms with Crippen LogP contribution in [0.25, 0.3) is 10.2 Å². The molecule has 7 heteroatoms. The average molecular weight is 390 g/mol. The topological polar surface area (TPSA) is 55.3 Å². The molecule has 2 heterocycles. The zero-order chi connectivity index (χ0) is 18.7. The van der Waals surface area contributed by atoms with Gasteiger partial charge in [0.1, 0.15) is 15.5 Å². The third kappa shape index (κ3) is 3.52. The summed E-state index contributed by atoms with van der Waals surface area (Å²) in [7, 11) is 0. The highest BCUT2D eigenvalue weighted by atomic mass is 35.5. The molecular weight excluding hydrogens is 370 g/mol. The molecule has 0 unspecified atom stereocenters. The molecule has 0 saturated heterocycles. The van der Waals surface area contributed by atoms with Crippen LogP contribution in [0.2, 0.25) is 5.28 Å². The lowest BCUT2D eigenvalue weighted by atomic mass is 10.2. The quantitative estimate of drug-likeness (QED) is 0.418. The predicted octanol–water partition coefficient (Wildman–Crippen LogP) is 5.38. The SMILES string of the molecule is CCCOC(=O)c1sc2nc(Cl)nc(N(CC)c3ccccc3)c2c1C. The minimum absolute atomic E-state index is 0.164. The van der Waals surface area contributed by atoms with Crippen LogP contribution < -0.4 is 4.90 Å². The van der Waals surface area contributed by atoms with Crippen molar-refractivity contribution in [2.24, 2.45) is 0 Å². The van der Waals surface area contributed by atoms with E-state index in [0.717, 1.165) is 23.1 Å². The summed E-state index contributed by atoms with van der Waals surface area (Å²) in [5.74, 6) is 0.383. The number of aryl methyl sites for hydroxylation is 1. The van der Waals surface area contributed by atoms with Crippen LogP contribution in [-0.2, 0) is 4.74 Å². The van der Waals surface area contributed by atoms with E-state index >= 15 is 0 Å². The number of thiophene rings is 1. The monoisotopic (exact) mass is 389 g/mol. The van der Waals surface area contributed by atoms with Gasteiger partial charge in [-0.15, -0.1) is 11.3 Å². The standard InChI is InChI=1S/C19H20ClN3O2S/c1-4-11-25-18(24)15-12(3)14-16(21-19(20)22-17(14)26-15)23(5-2)13-9-7-6-8-10-13/h6-10H,4-5,11H2,1-3H3. The molecule has 0 aliphatic rings. The van der Waals surface area contributed by atoms with Crippen LogP contribution in [0.5, 0.6) is 0 Å². The smallest absolute Gasteiger partial charge is 0.348 e. The third-order valence-electron chi connectivity index (χ3n) is 4.01. The molecule has 0 amide bonds. The van der Waals surface area contributed by atoms with Gasteiger partial charge in [0.25, 0.3) is 0 Å². The van der Waals surface area contributed by atoms with Gasteiger partial charge in [0.2, 0.25) is 5.28 Å². The first-order valence-electron chi connectivity index (χ1n) is 8.53. The lowest BCUT2D eigenvalue weighted by Crippen LogP contribution is -2.18. The lowest BCUT2D eigenvalue weighted by molar-refractivity contribution is 0.0510. The second-order valence-electron chi connectivity index (χ2n) is 5.77. The Hall–Kier alpha value is -2.18. The van der Waals surface area contributed by atoms with Crippen molar-refractivity contribution in [2.45, 2.75) is 27.2 Å². The molecule has 26 heavy (non-hydrogen) atoms. The second kappa shape index (κ2) is 8.01. The number of aromatic nitrogens is 2. The van der Waals surface area contributed by atoms with Gasteiger partial charge in [0.05, 0.1) is 12.0 Å². The maximum atomic E-state index is 12.4. The third-order valence-corrected chi connectivity index (χ3v) is 5.34. The Balaban J connectivity index is 2.16. The molecule has 0 atom stereocenters. The fourth-order valence-corrected chi connectivity index (χ4v) is 4.09. The fraction of sp³-hybridized carbons (Fsp3) is 0.316. The van der Waals surface area contributed by atoms with E-state index in [0.29, 0.717) is 28.7 Å². The van der Waals surface area contributed by atoms with Crippen LogP contribution in [-0.4, -0.2) is 29.1 Å². The van der Waals surface area contributed by atoms with Crippen molar-refractivity contribution in [1.29, 1.82) is 0 Å². The van der Waals surface area contributed by atoms with Gasteiger partial charge in [0.15, 0.2) is 0 Å². The van der Waals surface area contributed by atoms with Gasteiger partial charge in [0, 0.05) is 12.2 Å². The van der Waals surface area contributed by atoms with E-state index in [1.165, 1.54) is 11.3 Å². The minimum atomic E-state index is -0.322. The number of benzene rings is 1. The Morgan fingerprint density at radius 2 is 1.96 bits per heavy atom. The van der Waals surface area contributed by atoms with Gasteiger partial charge in [-0.25, -0.2) is 9.78 Å². The van der Waals surface area contributed by atoms with Crippen molar-refractivity contribution < 1.29 is 9.53 Å². The van der Waals surface area contributed by atoms with Crippen molar-refractivity contribution in [2.75, 3.05) is 18.1 Å². The van der Waals surface area contributed by atoms with Gasteiger partial charge < -0.3 is 9.64 Å². The molecule has 1 aromatic carbocycles. The number of halogens is 1.